The van der Waals surface area contributed by atoms with Crippen LogP contribution in [-0.2, 0) is 22.5 Å². The number of ether oxygens (including phenoxy) is 1. The predicted octanol–water partition coefficient (Wildman–Crippen LogP) is 3.62. The lowest BCUT2D eigenvalue weighted by atomic mass is 9.93. The Morgan fingerprint density at radius 1 is 1.18 bits per heavy atom. The number of rotatable bonds is 3. The highest BCUT2D eigenvalue weighted by Crippen LogP contribution is 2.25. The van der Waals surface area contributed by atoms with Gasteiger partial charge in [-0.1, -0.05) is 23.8 Å². The maximum Gasteiger partial charge on any atom is 0.254 e. The van der Waals surface area contributed by atoms with E-state index in [1.54, 1.807) is 6.07 Å². The summed E-state index contributed by atoms with van der Waals surface area (Å²) in [5, 5.41) is 2.88. The van der Waals surface area contributed by atoms with Crippen molar-refractivity contribution >= 4 is 17.5 Å². The summed E-state index contributed by atoms with van der Waals surface area (Å²) in [6.07, 6.45) is 2.14. The van der Waals surface area contributed by atoms with Crippen molar-refractivity contribution in [3.05, 3.63) is 64.2 Å². The van der Waals surface area contributed by atoms with Gasteiger partial charge in [-0.15, -0.1) is 0 Å². The first kappa shape index (κ1) is 18.7. The second-order valence-corrected chi connectivity index (χ2v) is 7.77. The Morgan fingerprint density at radius 2 is 2.04 bits per heavy atom. The lowest BCUT2D eigenvalue weighted by Crippen LogP contribution is -2.36. The van der Waals surface area contributed by atoms with Crippen LogP contribution in [0.1, 0.15) is 45.5 Å². The Balaban J connectivity index is 1.48. The molecule has 0 radical (unpaired) electrons. The van der Waals surface area contributed by atoms with E-state index < -0.39 is 0 Å². The fourth-order valence-corrected chi connectivity index (χ4v) is 4.15. The molecule has 2 aromatic rings. The number of nitrogens with zero attached hydrogens (tertiary/aromatic N) is 1. The first-order chi connectivity index (χ1) is 13.5. The van der Waals surface area contributed by atoms with Crippen molar-refractivity contribution < 1.29 is 14.3 Å². The molecular weight excluding hydrogens is 352 g/mol. The number of amides is 2. The summed E-state index contributed by atoms with van der Waals surface area (Å²) in [5.74, 6) is -0.140. The van der Waals surface area contributed by atoms with Gasteiger partial charge in [0.15, 0.2) is 0 Å². The van der Waals surface area contributed by atoms with Crippen LogP contribution in [0.15, 0.2) is 36.4 Å². The molecule has 0 saturated carbocycles. The van der Waals surface area contributed by atoms with Gasteiger partial charge in [-0.3, -0.25) is 9.59 Å². The van der Waals surface area contributed by atoms with Gasteiger partial charge in [0.05, 0.1) is 0 Å². The van der Waals surface area contributed by atoms with E-state index in [9.17, 15) is 9.59 Å². The van der Waals surface area contributed by atoms with E-state index in [1.807, 2.05) is 23.1 Å². The third kappa shape index (κ3) is 3.80. The number of hydrogen-bond donors (Lipinski definition) is 1. The number of fused-ring (bicyclic) bond motifs is 1. The van der Waals surface area contributed by atoms with Crippen LogP contribution < -0.4 is 5.32 Å². The molecule has 28 heavy (non-hydrogen) atoms. The zero-order valence-corrected chi connectivity index (χ0v) is 16.5. The lowest BCUT2D eigenvalue weighted by molar-refractivity contribution is -0.124. The average molecular weight is 378 g/mol. The molecule has 1 fully saturated rings. The predicted molar refractivity (Wildman–Crippen MR) is 108 cm³/mol. The van der Waals surface area contributed by atoms with Gasteiger partial charge in [0.25, 0.3) is 11.8 Å². The quantitative estimate of drug-likeness (QED) is 0.887. The number of anilines is 1. The minimum atomic E-state index is -0.385. The van der Waals surface area contributed by atoms with E-state index in [0.29, 0.717) is 30.9 Å². The van der Waals surface area contributed by atoms with Gasteiger partial charge >= 0.3 is 0 Å². The van der Waals surface area contributed by atoms with Crippen LogP contribution in [0.3, 0.4) is 0 Å². The third-order valence-electron chi connectivity index (χ3n) is 5.60. The molecule has 2 amide bonds. The minimum Gasteiger partial charge on any atom is -0.368 e. The van der Waals surface area contributed by atoms with Crippen LogP contribution in [0, 0.1) is 13.8 Å². The van der Waals surface area contributed by atoms with E-state index in [-0.39, 0.29) is 17.9 Å². The fourth-order valence-electron chi connectivity index (χ4n) is 4.15. The highest BCUT2D eigenvalue weighted by molar-refractivity contribution is 5.98. The smallest absolute Gasteiger partial charge is 0.254 e. The molecule has 5 nitrogen and oxygen atoms in total. The standard InChI is InChI=1S/C23H26N2O3/c1-15-11-16(2)20-14-25(9-8-17(20)12-15)23(27)18-5-3-6-19(13-18)24-22(26)21-7-4-10-28-21/h3,5-6,11-13,21H,4,7-10,14H2,1-2H3,(H,24,26). The van der Waals surface area contributed by atoms with Gasteiger partial charge in [0, 0.05) is 30.9 Å². The molecule has 2 heterocycles. The van der Waals surface area contributed by atoms with Gasteiger partial charge in [-0.25, -0.2) is 0 Å². The summed E-state index contributed by atoms with van der Waals surface area (Å²) in [7, 11) is 0. The Labute approximate surface area is 165 Å². The fraction of sp³-hybridized carbons (Fsp3) is 0.391. The number of nitrogens with one attached hydrogen (secondary N) is 1. The molecule has 2 aliphatic rings. The Morgan fingerprint density at radius 3 is 2.82 bits per heavy atom. The minimum absolute atomic E-state index is 0.00107. The number of hydrogen-bond acceptors (Lipinski definition) is 3. The van der Waals surface area contributed by atoms with E-state index in [0.717, 1.165) is 19.3 Å². The van der Waals surface area contributed by atoms with Crippen molar-refractivity contribution in [1.82, 2.24) is 4.90 Å². The van der Waals surface area contributed by atoms with Crippen LogP contribution in [0.4, 0.5) is 5.69 Å². The van der Waals surface area contributed by atoms with Gasteiger partial charge in [-0.2, -0.15) is 0 Å². The summed E-state index contributed by atoms with van der Waals surface area (Å²) in [4.78, 5) is 27.2. The van der Waals surface area contributed by atoms with E-state index >= 15 is 0 Å². The lowest BCUT2D eigenvalue weighted by Gasteiger charge is -2.30. The molecule has 0 bridgehead atoms. The van der Waals surface area contributed by atoms with Gasteiger partial charge in [0.2, 0.25) is 0 Å². The molecule has 1 atom stereocenters. The highest BCUT2D eigenvalue weighted by Gasteiger charge is 2.25. The molecule has 2 aromatic carbocycles. The number of carbonyl (C=O) groups is 2. The zero-order valence-electron chi connectivity index (χ0n) is 16.5. The van der Waals surface area contributed by atoms with Crippen LogP contribution in [0.5, 0.6) is 0 Å². The molecule has 0 spiro atoms. The first-order valence-electron chi connectivity index (χ1n) is 9.92. The van der Waals surface area contributed by atoms with Crippen molar-refractivity contribution in [3.63, 3.8) is 0 Å². The van der Waals surface area contributed by atoms with Crippen molar-refractivity contribution in [2.75, 3.05) is 18.5 Å². The summed E-state index contributed by atoms with van der Waals surface area (Å²) >= 11 is 0. The van der Waals surface area contributed by atoms with Crippen LogP contribution in [0.25, 0.3) is 0 Å². The van der Waals surface area contributed by atoms with Gasteiger partial charge in [0.1, 0.15) is 6.10 Å². The van der Waals surface area contributed by atoms with Gasteiger partial charge < -0.3 is 15.0 Å². The largest absolute Gasteiger partial charge is 0.368 e. The number of aryl methyl sites for hydroxylation is 2. The molecule has 5 heteroatoms. The van der Waals surface area contributed by atoms with E-state index in [4.69, 9.17) is 4.74 Å². The summed E-state index contributed by atoms with van der Waals surface area (Å²) in [5.41, 5.74) is 6.34. The maximum atomic E-state index is 13.1. The second kappa shape index (κ2) is 7.76. The van der Waals surface area contributed by atoms with Crippen molar-refractivity contribution in [3.8, 4) is 0 Å². The molecule has 1 unspecified atom stereocenters. The Hall–Kier alpha value is -2.66. The van der Waals surface area contributed by atoms with Crippen LogP contribution >= 0.6 is 0 Å². The first-order valence-corrected chi connectivity index (χ1v) is 9.92. The molecular formula is C23H26N2O3. The SMILES string of the molecule is Cc1cc(C)c2c(c1)CCN(C(=O)c1cccc(NC(=O)C3CCCO3)c1)C2. The van der Waals surface area contributed by atoms with Crippen molar-refractivity contribution in [1.29, 1.82) is 0 Å². The van der Waals surface area contributed by atoms with Crippen LogP contribution in [-0.4, -0.2) is 36.0 Å². The monoisotopic (exact) mass is 378 g/mol. The highest BCUT2D eigenvalue weighted by atomic mass is 16.5. The third-order valence-corrected chi connectivity index (χ3v) is 5.60. The molecule has 146 valence electrons. The average Bonchev–Trinajstić information content (AvgIpc) is 3.22. The number of carbonyl (C=O) groups excluding carboxylic acids is 2. The summed E-state index contributed by atoms with van der Waals surface area (Å²) in [6, 6.07) is 11.6. The summed E-state index contributed by atoms with van der Waals surface area (Å²) < 4.78 is 5.43. The zero-order chi connectivity index (χ0) is 19.7. The second-order valence-electron chi connectivity index (χ2n) is 7.77. The van der Waals surface area contributed by atoms with E-state index in [1.165, 1.54) is 22.3 Å². The topological polar surface area (TPSA) is 58.6 Å². The normalized spacial score (nSPS) is 18.6. The van der Waals surface area contributed by atoms with Crippen LogP contribution in [0.2, 0.25) is 0 Å². The molecule has 0 aliphatic carbocycles. The molecule has 4 rings (SSSR count). The molecule has 1 N–H and O–H groups in total. The molecule has 1 saturated heterocycles. The number of benzene rings is 2. The molecule has 2 aliphatic heterocycles. The van der Waals surface area contributed by atoms with E-state index in [2.05, 4.69) is 31.3 Å². The Bertz CT molecular complexity index is 916. The van der Waals surface area contributed by atoms with Crippen molar-refractivity contribution in [2.24, 2.45) is 0 Å². The molecule has 0 aromatic heterocycles. The van der Waals surface area contributed by atoms with Gasteiger partial charge in [-0.05, 0) is 68.0 Å². The van der Waals surface area contributed by atoms with Crippen molar-refractivity contribution in [2.45, 2.75) is 45.8 Å². The Kier molecular flexibility index (Phi) is 5.18. The maximum absolute atomic E-state index is 13.1. The summed E-state index contributed by atoms with van der Waals surface area (Å²) in [6.45, 7) is 6.20.